The third kappa shape index (κ3) is 5.00. The van der Waals surface area contributed by atoms with Crippen molar-refractivity contribution in [1.29, 1.82) is 0 Å². The number of halogens is 1. The molecule has 23 heavy (non-hydrogen) atoms. The van der Waals surface area contributed by atoms with Crippen LogP contribution in [0.2, 0.25) is 5.02 Å². The average Bonchev–Trinajstić information content (AvgIpc) is 2.54. The van der Waals surface area contributed by atoms with Crippen molar-refractivity contribution < 1.29 is 14.3 Å². The molecule has 0 bridgehead atoms. The van der Waals surface area contributed by atoms with Crippen molar-refractivity contribution in [2.75, 3.05) is 19.0 Å². The predicted octanol–water partition coefficient (Wildman–Crippen LogP) is 3.11. The Kier molecular flexibility index (Phi) is 6.00. The van der Waals surface area contributed by atoms with Gasteiger partial charge in [-0.25, -0.2) is 0 Å². The third-order valence-corrected chi connectivity index (χ3v) is 3.33. The van der Waals surface area contributed by atoms with Gasteiger partial charge >= 0.3 is 0 Å². The van der Waals surface area contributed by atoms with Crippen molar-refractivity contribution in [1.82, 2.24) is 5.32 Å². The quantitative estimate of drug-likeness (QED) is 0.854. The van der Waals surface area contributed by atoms with Gasteiger partial charge in [-0.05, 0) is 30.3 Å². The molecule has 0 aromatic heterocycles. The maximum Gasteiger partial charge on any atom is 0.255 e. The molecule has 0 radical (unpaired) electrons. The van der Waals surface area contributed by atoms with E-state index in [-0.39, 0.29) is 24.8 Å². The second-order valence-electron chi connectivity index (χ2n) is 4.76. The zero-order valence-electron chi connectivity index (χ0n) is 12.6. The fraction of sp³-hybridized carbons (Fsp3) is 0.176. The highest BCUT2D eigenvalue weighted by Crippen LogP contribution is 2.17. The summed E-state index contributed by atoms with van der Waals surface area (Å²) in [7, 11) is 1.50. The third-order valence-electron chi connectivity index (χ3n) is 3.10. The second kappa shape index (κ2) is 8.19. The van der Waals surface area contributed by atoms with Crippen molar-refractivity contribution in [3.8, 4) is 5.75 Å². The van der Waals surface area contributed by atoms with Crippen molar-refractivity contribution in [2.24, 2.45) is 0 Å². The maximum atomic E-state index is 12.1. The number of rotatable bonds is 6. The van der Waals surface area contributed by atoms with Gasteiger partial charge in [0.05, 0.1) is 12.7 Å². The Balaban J connectivity index is 1.82. The Morgan fingerprint density at radius 1 is 1.13 bits per heavy atom. The molecular formula is C17H17ClN2O3. The normalized spacial score (nSPS) is 10.0. The van der Waals surface area contributed by atoms with Gasteiger partial charge in [-0.2, -0.15) is 0 Å². The summed E-state index contributed by atoms with van der Waals surface area (Å²) in [5, 5.41) is 5.96. The zero-order chi connectivity index (χ0) is 16.7. The van der Waals surface area contributed by atoms with Gasteiger partial charge < -0.3 is 15.4 Å². The van der Waals surface area contributed by atoms with Crippen LogP contribution in [0, 0.1) is 0 Å². The van der Waals surface area contributed by atoms with Gasteiger partial charge in [-0.3, -0.25) is 9.59 Å². The fourth-order valence-corrected chi connectivity index (χ4v) is 2.20. The Morgan fingerprint density at radius 3 is 2.65 bits per heavy atom. The van der Waals surface area contributed by atoms with Gasteiger partial charge in [0.15, 0.2) is 0 Å². The lowest BCUT2D eigenvalue weighted by Crippen LogP contribution is -2.28. The first-order chi connectivity index (χ1) is 11.1. The molecule has 6 heteroatoms. The Morgan fingerprint density at radius 2 is 1.91 bits per heavy atom. The van der Waals surface area contributed by atoms with E-state index in [0.29, 0.717) is 22.0 Å². The minimum absolute atomic E-state index is 0.160. The fourth-order valence-electron chi connectivity index (χ4n) is 2.01. The van der Waals surface area contributed by atoms with E-state index in [0.717, 1.165) is 0 Å². The smallest absolute Gasteiger partial charge is 0.255 e. The molecule has 0 heterocycles. The molecule has 0 fully saturated rings. The molecule has 0 saturated carbocycles. The van der Waals surface area contributed by atoms with Crippen LogP contribution in [-0.2, 0) is 4.79 Å². The van der Waals surface area contributed by atoms with Crippen LogP contribution >= 0.6 is 11.6 Å². The van der Waals surface area contributed by atoms with Gasteiger partial charge in [0.2, 0.25) is 5.91 Å². The lowest BCUT2D eigenvalue weighted by Gasteiger charge is -2.09. The zero-order valence-corrected chi connectivity index (χ0v) is 13.4. The molecule has 2 rings (SSSR count). The van der Waals surface area contributed by atoms with Gasteiger partial charge in [0, 0.05) is 23.7 Å². The molecule has 0 spiro atoms. The molecule has 0 unspecified atom stereocenters. The van der Waals surface area contributed by atoms with Crippen LogP contribution in [0.15, 0.2) is 48.5 Å². The molecule has 2 aromatic rings. The van der Waals surface area contributed by atoms with E-state index in [2.05, 4.69) is 10.6 Å². The lowest BCUT2D eigenvalue weighted by atomic mass is 10.2. The number of hydrogen-bond acceptors (Lipinski definition) is 3. The summed E-state index contributed by atoms with van der Waals surface area (Å²) in [5.74, 6) is 0.0129. The van der Waals surface area contributed by atoms with Crippen LogP contribution in [0.4, 0.5) is 5.69 Å². The lowest BCUT2D eigenvalue weighted by molar-refractivity contribution is -0.116. The number of anilines is 1. The molecule has 5 nitrogen and oxygen atoms in total. The molecule has 2 N–H and O–H groups in total. The van der Waals surface area contributed by atoms with E-state index < -0.39 is 0 Å². The van der Waals surface area contributed by atoms with Gasteiger partial charge in [-0.1, -0.05) is 29.8 Å². The first-order valence-electron chi connectivity index (χ1n) is 7.07. The Hall–Kier alpha value is -2.53. The number of carbonyl (C=O) groups is 2. The largest absolute Gasteiger partial charge is 0.496 e. The van der Waals surface area contributed by atoms with Crippen LogP contribution in [0.25, 0.3) is 0 Å². The number of ether oxygens (including phenoxy) is 1. The highest BCUT2D eigenvalue weighted by Gasteiger charge is 2.11. The van der Waals surface area contributed by atoms with E-state index in [1.54, 1.807) is 48.5 Å². The van der Waals surface area contributed by atoms with Crippen LogP contribution in [0.3, 0.4) is 0 Å². The van der Waals surface area contributed by atoms with Crippen LogP contribution in [-0.4, -0.2) is 25.5 Å². The number of benzene rings is 2. The summed E-state index contributed by atoms with van der Waals surface area (Å²) in [5.41, 5.74) is 1.06. The highest BCUT2D eigenvalue weighted by atomic mass is 35.5. The SMILES string of the molecule is COc1ccccc1C(=O)NCCC(=O)Nc1cccc(Cl)c1. The molecular weight excluding hydrogens is 316 g/mol. The standard InChI is InChI=1S/C17H17ClN2O3/c1-23-15-8-3-2-7-14(15)17(22)19-10-9-16(21)20-13-6-4-5-12(18)11-13/h2-8,11H,9-10H2,1H3,(H,19,22)(H,20,21). The number of amides is 2. The van der Waals surface area contributed by atoms with Crippen molar-refractivity contribution in [3.63, 3.8) is 0 Å². The number of methoxy groups -OCH3 is 1. The number of nitrogens with one attached hydrogen (secondary N) is 2. The van der Waals surface area contributed by atoms with Gasteiger partial charge in [0.1, 0.15) is 5.75 Å². The predicted molar refractivity (Wildman–Crippen MR) is 90.0 cm³/mol. The summed E-state index contributed by atoms with van der Waals surface area (Å²) in [6, 6.07) is 13.8. The molecule has 0 aliphatic rings. The summed E-state index contributed by atoms with van der Waals surface area (Å²) in [6.07, 6.45) is 0.160. The summed E-state index contributed by atoms with van der Waals surface area (Å²) < 4.78 is 5.13. The van der Waals surface area contributed by atoms with Crippen LogP contribution < -0.4 is 15.4 Å². The first kappa shape index (κ1) is 16.8. The topological polar surface area (TPSA) is 67.4 Å². The molecule has 0 aliphatic carbocycles. The van der Waals surface area contributed by atoms with E-state index >= 15 is 0 Å². The van der Waals surface area contributed by atoms with Crippen molar-refractivity contribution >= 4 is 29.1 Å². The number of para-hydroxylation sites is 1. The van der Waals surface area contributed by atoms with E-state index in [1.165, 1.54) is 7.11 Å². The minimum Gasteiger partial charge on any atom is -0.496 e. The average molecular weight is 333 g/mol. The molecule has 0 aliphatic heterocycles. The van der Waals surface area contributed by atoms with E-state index in [4.69, 9.17) is 16.3 Å². The van der Waals surface area contributed by atoms with E-state index in [9.17, 15) is 9.59 Å². The Labute approximate surface area is 139 Å². The first-order valence-corrected chi connectivity index (χ1v) is 7.44. The van der Waals surface area contributed by atoms with Crippen LogP contribution in [0.5, 0.6) is 5.75 Å². The van der Waals surface area contributed by atoms with E-state index in [1.807, 2.05) is 0 Å². The van der Waals surface area contributed by atoms with Crippen molar-refractivity contribution in [3.05, 3.63) is 59.1 Å². The monoisotopic (exact) mass is 332 g/mol. The molecule has 0 atom stereocenters. The summed E-state index contributed by atoms with van der Waals surface area (Å²) >= 11 is 5.85. The Bertz CT molecular complexity index is 704. The highest BCUT2D eigenvalue weighted by molar-refractivity contribution is 6.30. The van der Waals surface area contributed by atoms with Gasteiger partial charge in [-0.15, -0.1) is 0 Å². The summed E-state index contributed by atoms with van der Waals surface area (Å²) in [4.78, 5) is 23.9. The maximum absolute atomic E-state index is 12.1. The molecule has 0 saturated heterocycles. The summed E-state index contributed by atoms with van der Waals surface area (Å²) in [6.45, 7) is 0.225. The molecule has 2 amide bonds. The van der Waals surface area contributed by atoms with Crippen molar-refractivity contribution in [2.45, 2.75) is 6.42 Å². The van der Waals surface area contributed by atoms with Crippen LogP contribution in [0.1, 0.15) is 16.8 Å². The minimum atomic E-state index is -0.280. The number of hydrogen-bond donors (Lipinski definition) is 2. The molecule has 120 valence electrons. The van der Waals surface area contributed by atoms with Gasteiger partial charge in [0.25, 0.3) is 5.91 Å². The molecule has 2 aromatic carbocycles. The second-order valence-corrected chi connectivity index (χ2v) is 5.20. The number of carbonyl (C=O) groups excluding carboxylic acids is 2.